The van der Waals surface area contributed by atoms with Gasteiger partial charge < -0.3 is 14.7 Å². The van der Waals surface area contributed by atoms with Crippen LogP contribution in [0.2, 0.25) is 0 Å². The normalized spacial score (nSPS) is 10.1. The van der Waals surface area contributed by atoms with Gasteiger partial charge in [0.2, 0.25) is 0 Å². The Morgan fingerprint density at radius 3 is 1.43 bits per heavy atom. The van der Waals surface area contributed by atoms with Gasteiger partial charge >= 0.3 is 0 Å². The summed E-state index contributed by atoms with van der Waals surface area (Å²) in [5.74, 6) is 0. The van der Waals surface area contributed by atoms with Gasteiger partial charge in [0.25, 0.3) is 0 Å². The lowest BCUT2D eigenvalue weighted by atomic mass is 10.1. The molecule has 5 nitrogen and oxygen atoms in total. The Hall–Kier alpha value is -3.18. The van der Waals surface area contributed by atoms with E-state index in [0.29, 0.717) is 11.1 Å². The second-order valence-corrected chi connectivity index (χ2v) is 7.03. The Morgan fingerprint density at radius 2 is 1.11 bits per heavy atom. The maximum Gasteiger partial charge on any atom is 0.101 e. The highest BCUT2D eigenvalue weighted by molar-refractivity contribution is 5.76. The highest BCUT2D eigenvalue weighted by atomic mass is 15.1. The van der Waals surface area contributed by atoms with Crippen LogP contribution < -0.4 is 14.7 Å². The van der Waals surface area contributed by atoms with E-state index < -0.39 is 0 Å². The third-order valence-electron chi connectivity index (χ3n) is 4.92. The Morgan fingerprint density at radius 1 is 0.714 bits per heavy atom. The predicted molar refractivity (Wildman–Crippen MR) is 117 cm³/mol. The third kappa shape index (κ3) is 4.56. The number of anilines is 4. The molecule has 0 radical (unpaired) electrons. The molecule has 0 unspecified atom stereocenters. The molecule has 0 spiro atoms. The third-order valence-corrected chi connectivity index (χ3v) is 4.92. The molecule has 28 heavy (non-hydrogen) atoms. The Kier molecular flexibility index (Phi) is 7.29. The summed E-state index contributed by atoms with van der Waals surface area (Å²) in [7, 11) is 5.96. The van der Waals surface area contributed by atoms with Crippen molar-refractivity contribution in [2.24, 2.45) is 0 Å². The molecule has 0 aliphatic carbocycles. The van der Waals surface area contributed by atoms with Gasteiger partial charge in [-0.05, 0) is 49.2 Å². The molecule has 5 heteroatoms. The molecule has 146 valence electrons. The summed E-state index contributed by atoms with van der Waals surface area (Å²) in [6, 6.07) is 16.4. The number of hydrogen-bond acceptors (Lipinski definition) is 5. The zero-order valence-corrected chi connectivity index (χ0v) is 17.5. The van der Waals surface area contributed by atoms with Gasteiger partial charge in [-0.2, -0.15) is 10.5 Å². The topological polar surface area (TPSA) is 57.3 Å². The second-order valence-electron chi connectivity index (χ2n) is 7.03. The minimum atomic E-state index is 0.596. The SMILES string of the molecule is CCCN(C)c1ccc(N(C)c2ccc(N(C)CCC)cc2C#N)c(C#N)c1. The van der Waals surface area contributed by atoms with Crippen LogP contribution in [0.3, 0.4) is 0 Å². The zero-order chi connectivity index (χ0) is 20.7. The molecule has 0 N–H and O–H groups in total. The number of nitriles is 2. The van der Waals surface area contributed by atoms with Crippen molar-refractivity contribution in [1.29, 1.82) is 10.5 Å². The molecule has 0 atom stereocenters. The summed E-state index contributed by atoms with van der Waals surface area (Å²) in [6.45, 7) is 6.14. The fraction of sp³-hybridized carbons (Fsp3) is 0.391. The van der Waals surface area contributed by atoms with Gasteiger partial charge in [0.15, 0.2) is 0 Å². The molecule has 2 aromatic rings. The van der Waals surface area contributed by atoms with E-state index in [1.54, 1.807) is 0 Å². The number of nitrogens with zero attached hydrogens (tertiary/aromatic N) is 5. The fourth-order valence-electron chi connectivity index (χ4n) is 3.35. The number of hydrogen-bond donors (Lipinski definition) is 0. The van der Waals surface area contributed by atoms with E-state index in [1.165, 1.54) is 0 Å². The molecule has 0 aliphatic rings. The average Bonchev–Trinajstić information content (AvgIpc) is 2.72. The molecule has 0 saturated heterocycles. The van der Waals surface area contributed by atoms with Crippen LogP contribution in [-0.2, 0) is 0 Å². The molecular weight excluding hydrogens is 346 g/mol. The van der Waals surface area contributed by atoms with Gasteiger partial charge in [0, 0.05) is 45.6 Å². The lowest BCUT2D eigenvalue weighted by Crippen LogP contribution is -2.19. The molecule has 0 aliphatic heterocycles. The molecule has 2 aromatic carbocycles. The maximum atomic E-state index is 9.69. The lowest BCUT2D eigenvalue weighted by molar-refractivity contribution is 0.852. The summed E-state index contributed by atoms with van der Waals surface area (Å²) in [4.78, 5) is 6.21. The van der Waals surface area contributed by atoms with Crippen molar-refractivity contribution in [2.45, 2.75) is 26.7 Å². The van der Waals surface area contributed by atoms with Crippen LogP contribution in [0.1, 0.15) is 37.8 Å². The summed E-state index contributed by atoms with van der Waals surface area (Å²) in [5.41, 5.74) is 4.82. The smallest absolute Gasteiger partial charge is 0.101 e. The highest BCUT2D eigenvalue weighted by Crippen LogP contribution is 2.33. The molecule has 0 aromatic heterocycles. The monoisotopic (exact) mass is 375 g/mol. The van der Waals surface area contributed by atoms with Crippen molar-refractivity contribution < 1.29 is 0 Å². The van der Waals surface area contributed by atoms with E-state index in [-0.39, 0.29) is 0 Å². The predicted octanol–water partition coefficient (Wildman–Crippen LogP) is 4.89. The van der Waals surface area contributed by atoms with E-state index in [0.717, 1.165) is 48.7 Å². The molecule has 0 fully saturated rings. The summed E-state index contributed by atoms with van der Waals surface area (Å²) in [6.07, 6.45) is 2.09. The molecule has 0 amide bonds. The van der Waals surface area contributed by atoms with Gasteiger partial charge in [-0.3, -0.25) is 0 Å². The Labute approximate surface area is 169 Å². The molecule has 0 heterocycles. The van der Waals surface area contributed by atoms with Crippen molar-refractivity contribution in [3.05, 3.63) is 47.5 Å². The van der Waals surface area contributed by atoms with Crippen LogP contribution in [-0.4, -0.2) is 34.2 Å². The first kappa shape index (κ1) is 21.1. The average molecular weight is 376 g/mol. The summed E-state index contributed by atoms with van der Waals surface area (Å²) >= 11 is 0. The van der Waals surface area contributed by atoms with Crippen molar-refractivity contribution >= 4 is 22.7 Å². The first-order valence-corrected chi connectivity index (χ1v) is 9.71. The van der Waals surface area contributed by atoms with Crippen LogP contribution >= 0.6 is 0 Å². The van der Waals surface area contributed by atoms with Crippen molar-refractivity contribution in [3.8, 4) is 12.1 Å². The number of rotatable bonds is 8. The second kappa shape index (κ2) is 9.67. The Balaban J connectivity index is 2.41. The van der Waals surface area contributed by atoms with Gasteiger partial charge in [-0.1, -0.05) is 13.8 Å². The van der Waals surface area contributed by atoms with E-state index in [2.05, 4.69) is 35.8 Å². The standard InChI is InChI=1S/C23H29N5/c1-6-12-26(3)20-8-10-22(18(14-20)16-24)28(5)23-11-9-21(15-19(23)17-25)27(4)13-7-2/h8-11,14-15H,6-7,12-13H2,1-5H3. The van der Waals surface area contributed by atoms with Crippen LogP contribution in [0.15, 0.2) is 36.4 Å². The summed E-state index contributed by atoms with van der Waals surface area (Å²) < 4.78 is 0. The minimum Gasteiger partial charge on any atom is -0.375 e. The van der Waals surface area contributed by atoms with E-state index in [1.807, 2.05) is 62.4 Å². The van der Waals surface area contributed by atoms with Gasteiger partial charge in [-0.25, -0.2) is 0 Å². The maximum absolute atomic E-state index is 9.69. The molecule has 2 rings (SSSR count). The minimum absolute atomic E-state index is 0.596. The molecule has 0 saturated carbocycles. The number of benzene rings is 2. The van der Waals surface area contributed by atoms with Crippen molar-refractivity contribution in [3.63, 3.8) is 0 Å². The van der Waals surface area contributed by atoms with Gasteiger partial charge in [0.1, 0.15) is 12.1 Å². The first-order chi connectivity index (χ1) is 13.5. The van der Waals surface area contributed by atoms with Crippen molar-refractivity contribution in [2.75, 3.05) is 48.9 Å². The van der Waals surface area contributed by atoms with Crippen LogP contribution in [0, 0.1) is 22.7 Å². The van der Waals surface area contributed by atoms with E-state index in [9.17, 15) is 10.5 Å². The van der Waals surface area contributed by atoms with E-state index in [4.69, 9.17) is 0 Å². The molecular formula is C23H29N5. The lowest BCUT2D eigenvalue weighted by Gasteiger charge is -2.25. The fourth-order valence-corrected chi connectivity index (χ4v) is 3.35. The molecule has 0 bridgehead atoms. The first-order valence-electron chi connectivity index (χ1n) is 9.71. The van der Waals surface area contributed by atoms with Crippen LogP contribution in [0.5, 0.6) is 0 Å². The van der Waals surface area contributed by atoms with Crippen LogP contribution in [0.4, 0.5) is 22.7 Å². The summed E-state index contributed by atoms with van der Waals surface area (Å²) in [5, 5.41) is 19.4. The van der Waals surface area contributed by atoms with Crippen LogP contribution in [0.25, 0.3) is 0 Å². The largest absolute Gasteiger partial charge is 0.375 e. The van der Waals surface area contributed by atoms with Crippen molar-refractivity contribution in [1.82, 2.24) is 0 Å². The van der Waals surface area contributed by atoms with Gasteiger partial charge in [0.05, 0.1) is 22.5 Å². The highest BCUT2D eigenvalue weighted by Gasteiger charge is 2.15. The zero-order valence-electron chi connectivity index (χ0n) is 17.5. The Bertz CT molecular complexity index is 817. The quantitative estimate of drug-likeness (QED) is 0.657. The van der Waals surface area contributed by atoms with Gasteiger partial charge in [-0.15, -0.1) is 0 Å². The van der Waals surface area contributed by atoms with E-state index >= 15 is 0 Å².